The Morgan fingerprint density at radius 3 is 3.00 bits per heavy atom. The van der Waals surface area contributed by atoms with Crippen LogP contribution < -0.4 is 5.32 Å². The largest absolute Gasteiger partial charge is 0.362 e. The van der Waals surface area contributed by atoms with Gasteiger partial charge in [0, 0.05) is 18.3 Å². The lowest BCUT2D eigenvalue weighted by Gasteiger charge is -2.21. The molecular formula is C11H20N2S. The van der Waals surface area contributed by atoms with Crippen LogP contribution in [0.4, 0.5) is 0 Å². The van der Waals surface area contributed by atoms with E-state index in [1.54, 1.807) is 0 Å². The zero-order valence-corrected chi connectivity index (χ0v) is 9.78. The molecular weight excluding hydrogens is 192 g/mol. The fourth-order valence-electron chi connectivity index (χ4n) is 1.72. The van der Waals surface area contributed by atoms with Crippen LogP contribution >= 0.6 is 11.8 Å². The Bertz CT molecular complexity index is 211. The molecule has 0 spiro atoms. The maximum Gasteiger partial charge on any atom is 0.156 e. The molecule has 2 aliphatic rings. The zero-order valence-electron chi connectivity index (χ0n) is 8.96. The fraction of sp³-hybridized carbons (Fsp3) is 0.909. The number of nitrogens with zero attached hydrogens (tertiary/aromatic N) is 1. The van der Waals surface area contributed by atoms with Gasteiger partial charge in [0.15, 0.2) is 5.17 Å². The van der Waals surface area contributed by atoms with E-state index in [0.29, 0.717) is 6.04 Å². The van der Waals surface area contributed by atoms with Crippen molar-refractivity contribution in [2.45, 2.75) is 45.1 Å². The Kier molecular flexibility index (Phi) is 3.74. The second kappa shape index (κ2) is 5.06. The van der Waals surface area contributed by atoms with E-state index in [1.165, 1.54) is 43.0 Å². The molecule has 80 valence electrons. The molecule has 0 bridgehead atoms. The van der Waals surface area contributed by atoms with Crippen LogP contribution in [0.2, 0.25) is 0 Å². The molecule has 1 aliphatic heterocycles. The molecule has 1 atom stereocenters. The van der Waals surface area contributed by atoms with Crippen molar-refractivity contribution in [3.05, 3.63) is 0 Å². The Hall–Kier alpha value is -0.180. The number of amidine groups is 1. The first-order valence-corrected chi connectivity index (χ1v) is 6.77. The summed E-state index contributed by atoms with van der Waals surface area (Å²) < 4.78 is 0. The minimum atomic E-state index is 0.624. The molecule has 1 aliphatic carbocycles. The molecule has 0 amide bonds. The molecule has 3 heteroatoms. The summed E-state index contributed by atoms with van der Waals surface area (Å²) in [6.07, 6.45) is 6.90. The average Bonchev–Trinajstić information content (AvgIpc) is 2.96. The lowest BCUT2D eigenvalue weighted by molar-refractivity contribution is 0.637. The van der Waals surface area contributed by atoms with Gasteiger partial charge in [-0.25, -0.2) is 0 Å². The summed E-state index contributed by atoms with van der Waals surface area (Å²) in [6.45, 7) is 3.26. The van der Waals surface area contributed by atoms with E-state index in [1.807, 2.05) is 11.8 Å². The predicted octanol–water partition coefficient (Wildman–Crippen LogP) is 2.65. The molecule has 0 aromatic heterocycles. The van der Waals surface area contributed by atoms with Crippen molar-refractivity contribution < 1.29 is 0 Å². The molecule has 0 aromatic carbocycles. The van der Waals surface area contributed by atoms with Crippen LogP contribution in [-0.2, 0) is 0 Å². The van der Waals surface area contributed by atoms with Gasteiger partial charge in [-0.05, 0) is 32.1 Å². The molecule has 1 saturated heterocycles. The Balaban J connectivity index is 1.62. The van der Waals surface area contributed by atoms with E-state index in [9.17, 15) is 0 Å². The molecule has 14 heavy (non-hydrogen) atoms. The van der Waals surface area contributed by atoms with Crippen molar-refractivity contribution >= 4 is 16.9 Å². The third kappa shape index (κ3) is 3.52. The fourth-order valence-corrected chi connectivity index (χ4v) is 2.85. The SMILES string of the molecule is CC1CCSC(=NCCCC2CC2)N1. The monoisotopic (exact) mass is 212 g/mol. The van der Waals surface area contributed by atoms with Crippen LogP contribution in [0.1, 0.15) is 39.0 Å². The summed E-state index contributed by atoms with van der Waals surface area (Å²) in [5.41, 5.74) is 0. The molecule has 2 rings (SSSR count). The number of hydrogen-bond acceptors (Lipinski definition) is 2. The number of rotatable bonds is 4. The van der Waals surface area contributed by atoms with Crippen molar-refractivity contribution in [3.8, 4) is 0 Å². The Morgan fingerprint density at radius 1 is 1.43 bits per heavy atom. The first-order valence-electron chi connectivity index (χ1n) is 5.78. The van der Waals surface area contributed by atoms with Gasteiger partial charge in [0.2, 0.25) is 0 Å². The maximum atomic E-state index is 4.60. The van der Waals surface area contributed by atoms with Crippen LogP contribution in [0, 0.1) is 5.92 Å². The smallest absolute Gasteiger partial charge is 0.156 e. The standard InChI is InChI=1S/C11H20N2S/c1-9-6-8-14-11(13-9)12-7-2-3-10-4-5-10/h9-10H,2-8H2,1H3,(H,12,13). The van der Waals surface area contributed by atoms with Gasteiger partial charge >= 0.3 is 0 Å². The minimum absolute atomic E-state index is 0.624. The van der Waals surface area contributed by atoms with Gasteiger partial charge in [-0.2, -0.15) is 0 Å². The highest BCUT2D eigenvalue weighted by Gasteiger charge is 2.20. The van der Waals surface area contributed by atoms with Gasteiger partial charge in [-0.3, -0.25) is 4.99 Å². The first-order chi connectivity index (χ1) is 6.84. The first kappa shape index (κ1) is 10.3. The van der Waals surface area contributed by atoms with Crippen LogP contribution in [-0.4, -0.2) is 23.5 Å². The second-order valence-electron chi connectivity index (χ2n) is 4.45. The molecule has 0 aromatic rings. The van der Waals surface area contributed by atoms with E-state index in [4.69, 9.17) is 0 Å². The van der Waals surface area contributed by atoms with Gasteiger partial charge < -0.3 is 5.32 Å². The van der Waals surface area contributed by atoms with Crippen LogP contribution in [0.3, 0.4) is 0 Å². The summed E-state index contributed by atoms with van der Waals surface area (Å²) in [4.78, 5) is 4.60. The highest BCUT2D eigenvalue weighted by molar-refractivity contribution is 8.13. The average molecular weight is 212 g/mol. The Labute approximate surface area is 90.9 Å². The van der Waals surface area contributed by atoms with E-state index >= 15 is 0 Å². The van der Waals surface area contributed by atoms with Gasteiger partial charge in [-0.15, -0.1) is 0 Å². The second-order valence-corrected chi connectivity index (χ2v) is 5.54. The third-order valence-corrected chi connectivity index (χ3v) is 3.84. The quantitative estimate of drug-likeness (QED) is 0.725. The lowest BCUT2D eigenvalue weighted by atomic mass is 10.2. The summed E-state index contributed by atoms with van der Waals surface area (Å²) >= 11 is 1.88. The van der Waals surface area contributed by atoms with Gasteiger partial charge in [0.1, 0.15) is 0 Å². The third-order valence-electron chi connectivity index (χ3n) is 2.88. The van der Waals surface area contributed by atoms with Crippen LogP contribution in [0.25, 0.3) is 0 Å². The van der Waals surface area contributed by atoms with Gasteiger partial charge in [0.25, 0.3) is 0 Å². The van der Waals surface area contributed by atoms with Crippen molar-refractivity contribution in [2.75, 3.05) is 12.3 Å². The van der Waals surface area contributed by atoms with Crippen LogP contribution in [0.5, 0.6) is 0 Å². The van der Waals surface area contributed by atoms with Crippen LogP contribution in [0.15, 0.2) is 4.99 Å². The topological polar surface area (TPSA) is 24.4 Å². The number of thioether (sulfide) groups is 1. The van der Waals surface area contributed by atoms with E-state index in [2.05, 4.69) is 17.2 Å². The predicted molar refractivity (Wildman–Crippen MR) is 63.9 cm³/mol. The molecule has 1 heterocycles. The van der Waals surface area contributed by atoms with E-state index in [0.717, 1.165) is 12.5 Å². The van der Waals surface area contributed by atoms with Crippen molar-refractivity contribution in [1.29, 1.82) is 0 Å². The molecule has 1 unspecified atom stereocenters. The summed E-state index contributed by atoms with van der Waals surface area (Å²) in [7, 11) is 0. The molecule has 1 N–H and O–H groups in total. The number of nitrogens with one attached hydrogen (secondary N) is 1. The minimum Gasteiger partial charge on any atom is -0.362 e. The molecule has 1 saturated carbocycles. The van der Waals surface area contributed by atoms with Gasteiger partial charge in [0.05, 0.1) is 0 Å². The summed E-state index contributed by atoms with van der Waals surface area (Å²) in [5.74, 6) is 2.29. The zero-order chi connectivity index (χ0) is 9.80. The summed E-state index contributed by atoms with van der Waals surface area (Å²) in [6, 6.07) is 0.624. The molecule has 2 fully saturated rings. The lowest BCUT2D eigenvalue weighted by Crippen LogP contribution is -2.35. The Morgan fingerprint density at radius 2 is 2.29 bits per heavy atom. The molecule has 0 radical (unpaired) electrons. The summed E-state index contributed by atoms with van der Waals surface area (Å²) in [5, 5.41) is 4.61. The molecule has 2 nitrogen and oxygen atoms in total. The normalized spacial score (nSPS) is 30.4. The van der Waals surface area contributed by atoms with E-state index in [-0.39, 0.29) is 0 Å². The highest BCUT2D eigenvalue weighted by atomic mass is 32.2. The van der Waals surface area contributed by atoms with Crippen molar-refractivity contribution in [1.82, 2.24) is 5.32 Å². The van der Waals surface area contributed by atoms with E-state index < -0.39 is 0 Å². The highest BCUT2D eigenvalue weighted by Crippen LogP contribution is 2.33. The number of aliphatic imine (C=N–C) groups is 1. The number of hydrogen-bond donors (Lipinski definition) is 1. The van der Waals surface area contributed by atoms with Gasteiger partial charge in [-0.1, -0.05) is 24.6 Å². The van der Waals surface area contributed by atoms with Crippen molar-refractivity contribution in [3.63, 3.8) is 0 Å². The maximum absolute atomic E-state index is 4.60. The van der Waals surface area contributed by atoms with Crippen molar-refractivity contribution in [2.24, 2.45) is 10.9 Å².